The first-order valence-electron chi connectivity index (χ1n) is 8.56. The highest BCUT2D eigenvalue weighted by Gasteiger charge is 2.29. The Morgan fingerprint density at radius 2 is 2.07 bits per heavy atom. The van der Waals surface area contributed by atoms with Gasteiger partial charge in [-0.1, -0.05) is 36.0 Å². The molecule has 2 aromatic rings. The van der Waals surface area contributed by atoms with Crippen molar-refractivity contribution in [1.29, 1.82) is 5.26 Å². The number of carboxylic acid groups (broad SMARTS) is 1. The maximum Gasteiger partial charge on any atom is 0.335 e. The van der Waals surface area contributed by atoms with E-state index in [1.165, 1.54) is 11.8 Å². The standard InChI is InChI=1S/C21H19N3O3S/c1-13-18(20(25)26)19(16-5-3-4-15(10-16)11-22)24-21(23-13)28-12-14-6-8-17(27-2)9-7-14/h3-10,19H,12H2,1-2H3,(H,23,24)(H,25,26)/t19-/m0/s1. The molecule has 0 spiro atoms. The van der Waals surface area contributed by atoms with Crippen LogP contribution in [-0.2, 0) is 10.5 Å². The van der Waals surface area contributed by atoms with E-state index in [4.69, 9.17) is 10.00 Å². The van der Waals surface area contributed by atoms with E-state index in [1.807, 2.05) is 24.3 Å². The van der Waals surface area contributed by atoms with Crippen molar-refractivity contribution in [2.24, 2.45) is 4.99 Å². The average Bonchev–Trinajstić information content (AvgIpc) is 2.71. The molecule has 0 saturated carbocycles. The van der Waals surface area contributed by atoms with Crippen molar-refractivity contribution in [3.63, 3.8) is 0 Å². The fourth-order valence-corrected chi connectivity index (χ4v) is 3.79. The van der Waals surface area contributed by atoms with Crippen LogP contribution in [0.25, 0.3) is 0 Å². The van der Waals surface area contributed by atoms with Gasteiger partial charge >= 0.3 is 5.97 Å². The van der Waals surface area contributed by atoms with Crippen LogP contribution in [0, 0.1) is 11.3 Å². The highest BCUT2D eigenvalue weighted by atomic mass is 32.2. The molecular weight excluding hydrogens is 374 g/mol. The minimum atomic E-state index is -1.03. The zero-order chi connectivity index (χ0) is 20.1. The van der Waals surface area contributed by atoms with Crippen molar-refractivity contribution in [1.82, 2.24) is 5.32 Å². The highest BCUT2D eigenvalue weighted by Crippen LogP contribution is 2.33. The summed E-state index contributed by atoms with van der Waals surface area (Å²) in [6, 6.07) is 16.1. The molecule has 0 saturated heterocycles. The molecular formula is C21H19N3O3S. The van der Waals surface area contributed by atoms with Gasteiger partial charge < -0.3 is 15.2 Å². The van der Waals surface area contributed by atoms with Gasteiger partial charge in [-0.05, 0) is 42.3 Å². The number of methoxy groups -OCH3 is 1. The Bertz CT molecular complexity index is 991. The van der Waals surface area contributed by atoms with Crippen LogP contribution in [0.15, 0.2) is 64.8 Å². The molecule has 0 aromatic heterocycles. The SMILES string of the molecule is COc1ccc(CSC2=N[C@@H](c3cccc(C#N)c3)C(C(=O)O)=C(C)N2)cc1. The predicted octanol–water partition coefficient (Wildman–Crippen LogP) is 3.86. The fraction of sp³-hybridized carbons (Fsp3) is 0.190. The number of thioether (sulfide) groups is 1. The Morgan fingerprint density at radius 1 is 1.32 bits per heavy atom. The van der Waals surface area contributed by atoms with Gasteiger partial charge in [0.1, 0.15) is 11.8 Å². The number of carboxylic acids is 1. The van der Waals surface area contributed by atoms with E-state index in [1.54, 1.807) is 38.3 Å². The first kappa shape index (κ1) is 19.5. The Kier molecular flexibility index (Phi) is 6.02. The van der Waals surface area contributed by atoms with E-state index in [-0.39, 0.29) is 5.57 Å². The van der Waals surface area contributed by atoms with E-state index in [0.717, 1.165) is 11.3 Å². The molecule has 0 unspecified atom stereocenters. The number of aliphatic carboxylic acids is 1. The minimum Gasteiger partial charge on any atom is -0.497 e. The fourth-order valence-electron chi connectivity index (χ4n) is 2.89. The number of amidine groups is 1. The van der Waals surface area contributed by atoms with Crippen LogP contribution in [-0.4, -0.2) is 23.4 Å². The Balaban J connectivity index is 1.85. The lowest BCUT2D eigenvalue weighted by molar-refractivity contribution is -0.133. The largest absolute Gasteiger partial charge is 0.497 e. The van der Waals surface area contributed by atoms with Crippen LogP contribution >= 0.6 is 11.8 Å². The van der Waals surface area contributed by atoms with E-state index in [0.29, 0.717) is 27.7 Å². The number of nitrogens with one attached hydrogen (secondary N) is 1. The van der Waals surface area contributed by atoms with Gasteiger partial charge in [0.15, 0.2) is 5.17 Å². The molecule has 0 amide bonds. The molecule has 142 valence electrons. The van der Waals surface area contributed by atoms with Crippen LogP contribution in [0.2, 0.25) is 0 Å². The van der Waals surface area contributed by atoms with Crippen LogP contribution in [0.3, 0.4) is 0 Å². The van der Waals surface area contributed by atoms with Gasteiger partial charge in [-0.15, -0.1) is 0 Å². The molecule has 28 heavy (non-hydrogen) atoms. The maximum atomic E-state index is 11.8. The molecule has 2 N–H and O–H groups in total. The van der Waals surface area contributed by atoms with Crippen LogP contribution in [0.1, 0.15) is 29.7 Å². The molecule has 0 aliphatic carbocycles. The third-order valence-corrected chi connectivity index (χ3v) is 5.27. The zero-order valence-electron chi connectivity index (χ0n) is 15.5. The average molecular weight is 393 g/mol. The van der Waals surface area contributed by atoms with E-state index in [2.05, 4.69) is 16.4 Å². The summed E-state index contributed by atoms with van der Waals surface area (Å²) in [6.45, 7) is 1.73. The van der Waals surface area contributed by atoms with Crippen molar-refractivity contribution in [2.75, 3.05) is 7.11 Å². The molecule has 6 nitrogen and oxygen atoms in total. The quantitative estimate of drug-likeness (QED) is 0.801. The van der Waals surface area contributed by atoms with Crippen molar-refractivity contribution in [3.05, 3.63) is 76.5 Å². The second-order valence-electron chi connectivity index (χ2n) is 6.18. The lowest BCUT2D eigenvalue weighted by Crippen LogP contribution is -2.29. The van der Waals surface area contributed by atoms with Crippen molar-refractivity contribution in [2.45, 2.75) is 18.7 Å². The summed E-state index contributed by atoms with van der Waals surface area (Å²) >= 11 is 1.50. The third kappa shape index (κ3) is 4.35. The van der Waals surface area contributed by atoms with E-state index < -0.39 is 12.0 Å². The van der Waals surface area contributed by atoms with Crippen LogP contribution in [0.4, 0.5) is 0 Å². The normalized spacial score (nSPS) is 16.0. The molecule has 3 rings (SSSR count). The highest BCUT2D eigenvalue weighted by molar-refractivity contribution is 8.13. The second kappa shape index (κ2) is 8.63. The summed E-state index contributed by atoms with van der Waals surface area (Å²) in [5.41, 5.74) is 2.99. The number of allylic oxidation sites excluding steroid dienone is 1. The van der Waals surface area contributed by atoms with Gasteiger partial charge in [0.05, 0.1) is 24.3 Å². The Hall–Kier alpha value is -3.24. The minimum absolute atomic E-state index is 0.184. The number of hydrogen-bond acceptors (Lipinski definition) is 6. The summed E-state index contributed by atoms with van der Waals surface area (Å²) in [5, 5.41) is 22.5. The number of hydrogen-bond donors (Lipinski definition) is 2. The van der Waals surface area contributed by atoms with Crippen molar-refractivity contribution >= 4 is 22.9 Å². The first-order chi connectivity index (χ1) is 13.5. The van der Waals surface area contributed by atoms with Crippen LogP contribution in [0.5, 0.6) is 5.75 Å². The van der Waals surface area contributed by atoms with Gasteiger partial charge in [-0.3, -0.25) is 0 Å². The molecule has 0 fully saturated rings. The van der Waals surface area contributed by atoms with Crippen LogP contribution < -0.4 is 10.1 Å². The topological polar surface area (TPSA) is 94.7 Å². The number of rotatable bonds is 5. The van der Waals surface area contributed by atoms with Gasteiger partial charge in [0, 0.05) is 11.4 Å². The number of ether oxygens (including phenoxy) is 1. The molecule has 1 aliphatic rings. The molecule has 0 radical (unpaired) electrons. The molecule has 2 aromatic carbocycles. The summed E-state index contributed by atoms with van der Waals surface area (Å²) in [5.74, 6) is 0.445. The third-order valence-electron chi connectivity index (χ3n) is 4.31. The van der Waals surface area contributed by atoms with Gasteiger partial charge in [-0.2, -0.15) is 5.26 Å². The summed E-state index contributed by atoms with van der Waals surface area (Å²) in [4.78, 5) is 16.4. The lowest BCUT2D eigenvalue weighted by atomic mass is 9.95. The first-order valence-corrected chi connectivity index (χ1v) is 9.55. The zero-order valence-corrected chi connectivity index (χ0v) is 16.3. The van der Waals surface area contributed by atoms with Gasteiger partial charge in [0.25, 0.3) is 0 Å². The van der Waals surface area contributed by atoms with Crippen molar-refractivity contribution in [3.8, 4) is 11.8 Å². The number of aliphatic imine (C=N–C) groups is 1. The molecule has 1 atom stereocenters. The Morgan fingerprint density at radius 3 is 2.71 bits per heavy atom. The summed E-state index contributed by atoms with van der Waals surface area (Å²) < 4.78 is 5.17. The number of nitriles is 1. The Labute approximate surface area is 167 Å². The molecule has 0 bridgehead atoms. The number of carbonyl (C=O) groups is 1. The molecule has 1 heterocycles. The van der Waals surface area contributed by atoms with Gasteiger partial charge in [-0.25, -0.2) is 9.79 Å². The maximum absolute atomic E-state index is 11.8. The monoisotopic (exact) mass is 393 g/mol. The van der Waals surface area contributed by atoms with Crippen molar-refractivity contribution < 1.29 is 14.6 Å². The number of nitrogens with zero attached hydrogens (tertiary/aromatic N) is 2. The molecule has 1 aliphatic heterocycles. The molecule has 7 heteroatoms. The smallest absolute Gasteiger partial charge is 0.335 e. The second-order valence-corrected chi connectivity index (χ2v) is 7.14. The number of benzene rings is 2. The van der Waals surface area contributed by atoms with E-state index >= 15 is 0 Å². The lowest BCUT2D eigenvalue weighted by Gasteiger charge is -2.24. The van der Waals surface area contributed by atoms with E-state index in [9.17, 15) is 9.90 Å². The van der Waals surface area contributed by atoms with Gasteiger partial charge in [0.2, 0.25) is 0 Å². The summed E-state index contributed by atoms with van der Waals surface area (Å²) in [7, 11) is 1.63. The summed E-state index contributed by atoms with van der Waals surface area (Å²) in [6.07, 6.45) is 0. The predicted molar refractivity (Wildman–Crippen MR) is 109 cm³/mol.